The van der Waals surface area contributed by atoms with Gasteiger partial charge in [-0.25, -0.2) is 0 Å². The van der Waals surface area contributed by atoms with Crippen LogP contribution in [0.25, 0.3) is 0 Å². The Morgan fingerprint density at radius 3 is 2.25 bits per heavy atom. The molecule has 62 valence electrons. The number of terminal acetylenes is 1. The molecule has 12 heavy (non-hydrogen) atoms. The third-order valence-electron chi connectivity index (χ3n) is 1.62. The molecule has 0 aliphatic heterocycles. The van der Waals surface area contributed by atoms with Gasteiger partial charge < -0.3 is 4.90 Å². The smallest absolute Gasteiger partial charge is 0.0242 e. The fraction of sp³-hybridized carbons (Fsp3) is 0.273. The molecule has 0 unspecified atom stereocenters. The van der Waals surface area contributed by atoms with Gasteiger partial charge in [-0.15, -0.1) is 6.42 Å². The molecule has 1 rings (SSSR count). The summed E-state index contributed by atoms with van der Waals surface area (Å²) in [6, 6.07) is 8.07. The van der Waals surface area contributed by atoms with E-state index in [1.165, 1.54) is 5.56 Å². The molecule has 0 radical (unpaired) electrons. The van der Waals surface area contributed by atoms with Crippen LogP contribution in [0.3, 0.4) is 0 Å². The van der Waals surface area contributed by atoms with E-state index < -0.39 is 0 Å². The highest BCUT2D eigenvalue weighted by Crippen LogP contribution is 2.04. The van der Waals surface area contributed by atoms with Crippen molar-refractivity contribution in [2.45, 2.75) is 6.54 Å². The lowest BCUT2D eigenvalue weighted by Crippen LogP contribution is -2.10. The second-order valence-electron chi connectivity index (χ2n) is 3.08. The summed E-state index contributed by atoms with van der Waals surface area (Å²) < 4.78 is 0. The minimum Gasteiger partial charge on any atom is -0.305 e. The fourth-order valence-electron chi connectivity index (χ4n) is 1.07. The van der Waals surface area contributed by atoms with Crippen molar-refractivity contribution in [1.29, 1.82) is 0 Å². The maximum Gasteiger partial charge on any atom is 0.0242 e. The fourth-order valence-corrected chi connectivity index (χ4v) is 1.07. The molecule has 0 amide bonds. The second-order valence-corrected chi connectivity index (χ2v) is 3.08. The Morgan fingerprint density at radius 2 is 1.83 bits per heavy atom. The number of benzene rings is 1. The third kappa shape index (κ3) is 2.41. The molecule has 0 fully saturated rings. The average Bonchev–Trinajstić information content (AvgIpc) is 2.05. The highest BCUT2D eigenvalue weighted by Gasteiger charge is 1.93. The predicted octanol–water partition coefficient (Wildman–Crippen LogP) is 1.73. The van der Waals surface area contributed by atoms with E-state index in [0.29, 0.717) is 0 Å². The van der Waals surface area contributed by atoms with Crippen LogP contribution in [0.4, 0.5) is 0 Å². The SMILES string of the molecule is C#Cc1ccc(CN(C)C)cc1. The summed E-state index contributed by atoms with van der Waals surface area (Å²) in [6.45, 7) is 0.963. The first kappa shape index (κ1) is 8.83. The summed E-state index contributed by atoms with van der Waals surface area (Å²) in [5.41, 5.74) is 2.23. The van der Waals surface area contributed by atoms with Gasteiger partial charge in [-0.3, -0.25) is 0 Å². The topological polar surface area (TPSA) is 3.24 Å². The van der Waals surface area contributed by atoms with Crippen LogP contribution in [-0.2, 0) is 6.54 Å². The molecule has 0 saturated carbocycles. The van der Waals surface area contributed by atoms with Crippen LogP contribution in [0.5, 0.6) is 0 Å². The van der Waals surface area contributed by atoms with E-state index in [2.05, 4.69) is 37.0 Å². The summed E-state index contributed by atoms with van der Waals surface area (Å²) in [5.74, 6) is 2.59. The zero-order valence-corrected chi connectivity index (χ0v) is 7.54. The van der Waals surface area contributed by atoms with Crippen LogP contribution in [0.15, 0.2) is 24.3 Å². The Labute approximate surface area is 74.0 Å². The molecule has 1 aromatic carbocycles. The van der Waals surface area contributed by atoms with E-state index in [1.807, 2.05) is 12.1 Å². The van der Waals surface area contributed by atoms with Gasteiger partial charge in [0.2, 0.25) is 0 Å². The van der Waals surface area contributed by atoms with Crippen molar-refractivity contribution < 1.29 is 0 Å². The molecule has 0 N–H and O–H groups in total. The van der Waals surface area contributed by atoms with Gasteiger partial charge in [0.1, 0.15) is 0 Å². The lowest BCUT2D eigenvalue weighted by atomic mass is 10.1. The molecule has 0 bridgehead atoms. The Balaban J connectivity index is 2.73. The van der Waals surface area contributed by atoms with Crippen LogP contribution in [-0.4, -0.2) is 19.0 Å². The van der Waals surface area contributed by atoms with E-state index in [9.17, 15) is 0 Å². The van der Waals surface area contributed by atoms with E-state index in [0.717, 1.165) is 12.1 Å². The van der Waals surface area contributed by atoms with Crippen molar-refractivity contribution in [3.8, 4) is 12.3 Å². The van der Waals surface area contributed by atoms with Crippen molar-refractivity contribution >= 4 is 0 Å². The normalized spacial score (nSPS) is 9.83. The minimum absolute atomic E-state index is 0.942. The van der Waals surface area contributed by atoms with Crippen LogP contribution >= 0.6 is 0 Å². The van der Waals surface area contributed by atoms with E-state index >= 15 is 0 Å². The van der Waals surface area contributed by atoms with Gasteiger partial charge in [-0.1, -0.05) is 18.1 Å². The molecule has 1 heteroatoms. The summed E-state index contributed by atoms with van der Waals surface area (Å²) in [4.78, 5) is 2.13. The van der Waals surface area contributed by atoms with Gasteiger partial charge in [0.05, 0.1) is 0 Å². The first-order valence-corrected chi connectivity index (χ1v) is 3.92. The summed E-state index contributed by atoms with van der Waals surface area (Å²) in [6.07, 6.45) is 5.24. The van der Waals surface area contributed by atoms with Crippen LogP contribution in [0, 0.1) is 12.3 Å². The lowest BCUT2D eigenvalue weighted by molar-refractivity contribution is 0.402. The first-order valence-electron chi connectivity index (χ1n) is 3.92. The van der Waals surface area contributed by atoms with Crippen molar-refractivity contribution in [3.63, 3.8) is 0 Å². The predicted molar refractivity (Wildman–Crippen MR) is 51.8 cm³/mol. The van der Waals surface area contributed by atoms with Gasteiger partial charge in [0.25, 0.3) is 0 Å². The van der Waals surface area contributed by atoms with Crippen LogP contribution in [0.2, 0.25) is 0 Å². The Kier molecular flexibility index (Phi) is 2.90. The molecule has 0 aliphatic rings. The maximum absolute atomic E-state index is 5.24. The van der Waals surface area contributed by atoms with Gasteiger partial charge in [0, 0.05) is 12.1 Å². The largest absolute Gasteiger partial charge is 0.305 e. The maximum atomic E-state index is 5.24. The summed E-state index contributed by atoms with van der Waals surface area (Å²) >= 11 is 0. The molecule has 0 heterocycles. The minimum atomic E-state index is 0.942. The van der Waals surface area contributed by atoms with Crippen LogP contribution in [0.1, 0.15) is 11.1 Å². The Morgan fingerprint density at radius 1 is 1.25 bits per heavy atom. The number of hydrogen-bond acceptors (Lipinski definition) is 1. The highest BCUT2D eigenvalue weighted by molar-refractivity contribution is 5.34. The zero-order valence-electron chi connectivity index (χ0n) is 7.54. The quantitative estimate of drug-likeness (QED) is 0.594. The molecular weight excluding hydrogens is 146 g/mol. The van der Waals surface area contributed by atoms with Crippen molar-refractivity contribution in [2.24, 2.45) is 0 Å². The first-order chi connectivity index (χ1) is 5.72. The average molecular weight is 159 g/mol. The molecular formula is C11H13N. The number of nitrogens with zero attached hydrogens (tertiary/aromatic N) is 1. The number of hydrogen-bond donors (Lipinski definition) is 0. The van der Waals surface area contributed by atoms with E-state index in [1.54, 1.807) is 0 Å². The van der Waals surface area contributed by atoms with Gasteiger partial charge in [0.15, 0.2) is 0 Å². The van der Waals surface area contributed by atoms with E-state index in [-0.39, 0.29) is 0 Å². The van der Waals surface area contributed by atoms with Crippen molar-refractivity contribution in [2.75, 3.05) is 14.1 Å². The Hall–Kier alpha value is -1.26. The molecule has 0 aliphatic carbocycles. The molecule has 0 saturated heterocycles. The molecule has 0 spiro atoms. The highest BCUT2D eigenvalue weighted by atomic mass is 15.0. The molecule has 1 nitrogen and oxygen atoms in total. The monoisotopic (exact) mass is 159 g/mol. The zero-order chi connectivity index (χ0) is 8.97. The summed E-state index contributed by atoms with van der Waals surface area (Å²) in [5, 5.41) is 0. The third-order valence-corrected chi connectivity index (χ3v) is 1.62. The second kappa shape index (κ2) is 3.94. The Bertz CT molecular complexity index is 277. The van der Waals surface area contributed by atoms with Crippen LogP contribution < -0.4 is 0 Å². The number of rotatable bonds is 2. The van der Waals surface area contributed by atoms with Gasteiger partial charge in [-0.05, 0) is 31.8 Å². The summed E-state index contributed by atoms with van der Waals surface area (Å²) in [7, 11) is 4.10. The molecule has 0 atom stereocenters. The van der Waals surface area contributed by atoms with Crippen molar-refractivity contribution in [1.82, 2.24) is 4.90 Å². The lowest BCUT2D eigenvalue weighted by Gasteiger charge is -2.08. The standard InChI is InChI=1S/C11H13N/c1-4-10-5-7-11(8-6-10)9-12(2)3/h1,5-8H,9H2,2-3H3. The molecule has 0 aromatic heterocycles. The van der Waals surface area contributed by atoms with E-state index in [4.69, 9.17) is 6.42 Å². The van der Waals surface area contributed by atoms with Gasteiger partial charge >= 0.3 is 0 Å². The van der Waals surface area contributed by atoms with Crippen molar-refractivity contribution in [3.05, 3.63) is 35.4 Å². The van der Waals surface area contributed by atoms with Gasteiger partial charge in [-0.2, -0.15) is 0 Å². The molecule has 1 aromatic rings.